The van der Waals surface area contributed by atoms with E-state index in [1.165, 1.54) is 19.1 Å². The van der Waals surface area contributed by atoms with Crippen LogP contribution in [0.4, 0.5) is 28.4 Å². The standard InChI is InChI=1S/C18H19ClN6O3/c1-10(26)9-21-16-7-17(22-11(2)27)18(6-14(16)19)24-23-15-4-3-13(25-28)5-12(15)8-20/h3-7,10,21,25-26,28H,9H2,1-2H3,(H,22,27)/p+1. The number of carbonyl (C=O) groups excluding carboxylic acids is 1. The molecule has 0 spiro atoms. The van der Waals surface area contributed by atoms with Gasteiger partial charge < -0.3 is 15.7 Å². The minimum atomic E-state index is -0.580. The Morgan fingerprint density at radius 1 is 1.29 bits per heavy atom. The van der Waals surface area contributed by atoms with E-state index in [2.05, 4.69) is 20.9 Å². The van der Waals surface area contributed by atoms with Crippen molar-refractivity contribution in [2.75, 3.05) is 17.2 Å². The second-order valence-electron chi connectivity index (χ2n) is 5.98. The van der Waals surface area contributed by atoms with Gasteiger partial charge in [0.2, 0.25) is 5.91 Å². The summed E-state index contributed by atoms with van der Waals surface area (Å²) >= 11 is 6.26. The van der Waals surface area contributed by atoms with Gasteiger partial charge in [0.25, 0.3) is 0 Å². The maximum Gasteiger partial charge on any atom is 0.221 e. The highest BCUT2D eigenvalue weighted by molar-refractivity contribution is 6.33. The summed E-state index contributed by atoms with van der Waals surface area (Å²) in [6.07, 6.45) is -0.580. The molecule has 0 saturated heterocycles. The number of nitrogens with one attached hydrogen (secondary N) is 2. The van der Waals surface area contributed by atoms with Crippen molar-refractivity contribution >= 4 is 45.9 Å². The Balaban J connectivity index is 2.41. The van der Waals surface area contributed by atoms with Gasteiger partial charge in [-0.15, -0.1) is 10.2 Å². The predicted molar refractivity (Wildman–Crippen MR) is 105 cm³/mol. The van der Waals surface area contributed by atoms with Crippen LogP contribution in [0.2, 0.25) is 5.02 Å². The quantitative estimate of drug-likeness (QED) is 0.274. The van der Waals surface area contributed by atoms with E-state index in [1.54, 1.807) is 25.1 Å². The third-order valence-corrected chi connectivity index (χ3v) is 3.85. The van der Waals surface area contributed by atoms with Gasteiger partial charge in [-0.2, -0.15) is 10.7 Å². The van der Waals surface area contributed by atoms with Crippen LogP contribution in [0.1, 0.15) is 19.4 Å². The molecule has 0 saturated carbocycles. The molecule has 28 heavy (non-hydrogen) atoms. The minimum absolute atomic E-state index is 0.231. The summed E-state index contributed by atoms with van der Waals surface area (Å²) in [5.74, 6) is -0.305. The Hall–Kier alpha value is -3.03. The summed E-state index contributed by atoms with van der Waals surface area (Å²) in [5.41, 5.74) is 3.06. The van der Waals surface area contributed by atoms with Gasteiger partial charge in [-0.1, -0.05) is 11.6 Å². The van der Waals surface area contributed by atoms with Crippen LogP contribution in [-0.2, 0) is 4.79 Å². The van der Waals surface area contributed by atoms with E-state index in [-0.39, 0.29) is 18.0 Å². The zero-order chi connectivity index (χ0) is 20.7. The number of hydrogen-bond acceptors (Lipinski definition) is 7. The number of carbonyl (C=O) groups is 1. The van der Waals surface area contributed by atoms with Crippen molar-refractivity contribution in [3.05, 3.63) is 40.9 Å². The molecule has 2 aromatic rings. The van der Waals surface area contributed by atoms with Gasteiger partial charge in [-0.25, -0.2) is 5.21 Å². The molecule has 0 fully saturated rings. The number of benzene rings is 2. The van der Waals surface area contributed by atoms with Crippen molar-refractivity contribution in [2.45, 2.75) is 20.0 Å². The molecule has 0 aliphatic carbocycles. The van der Waals surface area contributed by atoms with Gasteiger partial charge in [0.05, 0.1) is 28.1 Å². The van der Waals surface area contributed by atoms with Crippen molar-refractivity contribution in [1.82, 2.24) is 0 Å². The van der Waals surface area contributed by atoms with Crippen LogP contribution < -0.4 is 16.1 Å². The molecular formula is C18H20ClN6O3+. The molecule has 0 aliphatic rings. The zero-order valence-electron chi connectivity index (χ0n) is 15.3. The summed E-state index contributed by atoms with van der Waals surface area (Å²) in [6, 6.07) is 9.69. The van der Waals surface area contributed by atoms with Crippen LogP contribution in [0.5, 0.6) is 0 Å². The van der Waals surface area contributed by atoms with Gasteiger partial charge in [0.1, 0.15) is 17.4 Å². The SMILES string of the molecule is CC(=O)Nc1cc(NCC(C)O)c(Cl)cc1N=Nc1ccc([NH2+]O)cc1C#N. The summed E-state index contributed by atoms with van der Waals surface area (Å²) in [6.45, 7) is 3.26. The summed E-state index contributed by atoms with van der Waals surface area (Å²) in [5, 5.41) is 41.9. The summed E-state index contributed by atoms with van der Waals surface area (Å²) in [4.78, 5) is 11.5. The Labute approximate surface area is 166 Å². The highest BCUT2D eigenvalue weighted by atomic mass is 35.5. The third kappa shape index (κ3) is 5.73. The van der Waals surface area contributed by atoms with Gasteiger partial charge in [-0.3, -0.25) is 4.79 Å². The number of nitriles is 1. The van der Waals surface area contributed by atoms with Crippen LogP contribution in [0.25, 0.3) is 0 Å². The Bertz CT molecular complexity index is 940. The number of anilines is 2. The van der Waals surface area contributed by atoms with Gasteiger partial charge in [0, 0.05) is 25.6 Å². The highest BCUT2D eigenvalue weighted by Crippen LogP contribution is 2.36. The van der Waals surface area contributed by atoms with Crippen LogP contribution in [0, 0.1) is 11.3 Å². The average Bonchev–Trinajstić information content (AvgIpc) is 2.66. The Kier molecular flexibility index (Phi) is 7.43. The van der Waals surface area contributed by atoms with Crippen LogP contribution >= 0.6 is 11.6 Å². The molecule has 0 heterocycles. The predicted octanol–water partition coefficient (Wildman–Crippen LogP) is 2.96. The molecule has 0 aromatic heterocycles. The lowest BCUT2D eigenvalue weighted by atomic mass is 10.2. The van der Waals surface area contributed by atoms with E-state index in [1.807, 2.05) is 6.07 Å². The van der Waals surface area contributed by atoms with E-state index in [0.717, 1.165) is 5.48 Å². The average molecular weight is 404 g/mol. The monoisotopic (exact) mass is 403 g/mol. The second-order valence-corrected chi connectivity index (χ2v) is 6.39. The molecule has 9 nitrogen and oxygen atoms in total. The van der Waals surface area contributed by atoms with Crippen LogP contribution in [0.15, 0.2) is 40.6 Å². The van der Waals surface area contributed by atoms with E-state index >= 15 is 0 Å². The number of amides is 1. The van der Waals surface area contributed by atoms with E-state index in [9.17, 15) is 15.2 Å². The molecular weight excluding hydrogens is 384 g/mol. The first kappa shape index (κ1) is 21.3. The van der Waals surface area contributed by atoms with E-state index < -0.39 is 6.10 Å². The summed E-state index contributed by atoms with van der Waals surface area (Å²) < 4.78 is 0. The Morgan fingerprint density at radius 2 is 2.00 bits per heavy atom. The first-order valence-corrected chi connectivity index (χ1v) is 8.68. The topological polar surface area (TPSA) is 147 Å². The van der Waals surface area contributed by atoms with Gasteiger partial charge in [-0.05, 0) is 25.1 Å². The van der Waals surface area contributed by atoms with Crippen LogP contribution in [0.3, 0.4) is 0 Å². The van der Waals surface area contributed by atoms with Crippen LogP contribution in [-0.4, -0.2) is 28.9 Å². The van der Waals surface area contributed by atoms with Crippen molar-refractivity contribution in [2.24, 2.45) is 10.2 Å². The number of rotatable bonds is 7. The lowest BCUT2D eigenvalue weighted by molar-refractivity contribution is -0.825. The zero-order valence-corrected chi connectivity index (χ0v) is 16.0. The van der Waals surface area contributed by atoms with E-state index in [4.69, 9.17) is 16.8 Å². The number of aliphatic hydroxyl groups excluding tert-OH is 1. The van der Waals surface area contributed by atoms with Gasteiger partial charge in [0.15, 0.2) is 5.69 Å². The molecule has 1 amide bonds. The number of quaternary nitrogens is 1. The minimum Gasteiger partial charge on any atom is -0.392 e. The molecule has 1 unspecified atom stereocenters. The molecule has 0 aliphatic heterocycles. The number of aliphatic hydroxyl groups is 1. The fourth-order valence-electron chi connectivity index (χ4n) is 2.25. The van der Waals surface area contributed by atoms with Crippen molar-refractivity contribution in [3.8, 4) is 6.07 Å². The fourth-order valence-corrected chi connectivity index (χ4v) is 2.47. The molecule has 2 rings (SSSR count). The first-order valence-electron chi connectivity index (χ1n) is 8.30. The number of halogens is 1. The van der Waals surface area contributed by atoms with Gasteiger partial charge >= 0.3 is 0 Å². The highest BCUT2D eigenvalue weighted by Gasteiger charge is 2.11. The first-order chi connectivity index (χ1) is 13.3. The Morgan fingerprint density at radius 3 is 2.61 bits per heavy atom. The molecule has 1 atom stereocenters. The molecule has 146 valence electrons. The van der Waals surface area contributed by atoms with Crippen molar-refractivity contribution < 1.29 is 20.6 Å². The van der Waals surface area contributed by atoms with E-state index in [0.29, 0.717) is 33.5 Å². The maximum absolute atomic E-state index is 11.5. The molecule has 0 radical (unpaired) electrons. The summed E-state index contributed by atoms with van der Waals surface area (Å²) in [7, 11) is 0. The molecule has 2 aromatic carbocycles. The lowest BCUT2D eigenvalue weighted by Gasteiger charge is -2.14. The molecule has 0 bridgehead atoms. The lowest BCUT2D eigenvalue weighted by Crippen LogP contribution is -2.73. The normalized spacial score (nSPS) is 11.9. The maximum atomic E-state index is 11.5. The number of nitrogens with zero attached hydrogens (tertiary/aromatic N) is 3. The number of azo groups is 1. The number of nitrogens with two attached hydrogens (primary N) is 1. The second kappa shape index (κ2) is 9.77. The molecule has 10 heteroatoms. The third-order valence-electron chi connectivity index (χ3n) is 3.54. The smallest absolute Gasteiger partial charge is 0.221 e. The van der Waals surface area contributed by atoms with Crippen molar-refractivity contribution in [3.63, 3.8) is 0 Å². The van der Waals surface area contributed by atoms with Crippen molar-refractivity contribution in [1.29, 1.82) is 5.26 Å². The fraction of sp³-hybridized carbons (Fsp3) is 0.222. The number of hydrogen-bond donors (Lipinski definition) is 5. The molecule has 6 N–H and O–H groups in total. The largest absolute Gasteiger partial charge is 0.392 e.